The number of hydrogen-bond acceptors (Lipinski definition) is 3. The molecule has 0 amide bonds. The first kappa shape index (κ1) is 14.2. The van der Waals surface area contributed by atoms with Crippen molar-refractivity contribution in [1.29, 1.82) is 0 Å². The van der Waals surface area contributed by atoms with E-state index in [4.69, 9.17) is 9.47 Å². The monoisotopic (exact) mass is 265 g/mol. The van der Waals surface area contributed by atoms with Gasteiger partial charge in [-0.25, -0.2) is 8.78 Å². The third-order valence-electron chi connectivity index (χ3n) is 2.56. The molecule has 2 rings (SSSR count). The smallest absolute Gasteiger partial charge is 0.134 e. The number of rotatable bonds is 2. The fourth-order valence-electron chi connectivity index (χ4n) is 1.76. The van der Waals surface area contributed by atoms with Gasteiger partial charge in [0.15, 0.2) is 0 Å². The van der Waals surface area contributed by atoms with Gasteiger partial charge < -0.3 is 14.8 Å². The van der Waals surface area contributed by atoms with Gasteiger partial charge in [0.25, 0.3) is 0 Å². The van der Waals surface area contributed by atoms with Gasteiger partial charge in [0.1, 0.15) is 17.4 Å². The summed E-state index contributed by atoms with van der Waals surface area (Å²) in [6, 6.07) is 1.92. The molecule has 0 radical (unpaired) electrons. The topological polar surface area (TPSA) is 30.5 Å². The van der Waals surface area contributed by atoms with E-state index < -0.39 is 17.7 Å². The van der Waals surface area contributed by atoms with Gasteiger partial charge in [-0.1, -0.05) is 0 Å². The molecule has 6 heteroatoms. The summed E-state index contributed by atoms with van der Waals surface area (Å²) in [5, 5.41) is 3.01. The van der Waals surface area contributed by atoms with E-state index in [0.717, 1.165) is 0 Å². The molecule has 1 N–H and O–H groups in total. The highest BCUT2D eigenvalue weighted by Gasteiger charge is 2.23. The maximum Gasteiger partial charge on any atom is 0.134 e. The molecule has 0 unspecified atom stereocenters. The maximum absolute atomic E-state index is 13.7. The van der Waals surface area contributed by atoms with Crippen molar-refractivity contribution < 1.29 is 18.3 Å². The number of ether oxygens (including phenoxy) is 2. The first-order valence-corrected chi connectivity index (χ1v) is 5.06. The van der Waals surface area contributed by atoms with Gasteiger partial charge in [0, 0.05) is 24.2 Å². The molecule has 0 saturated carbocycles. The number of halogens is 3. The summed E-state index contributed by atoms with van der Waals surface area (Å²) in [6.07, 6.45) is 0. The van der Waals surface area contributed by atoms with Crippen molar-refractivity contribution in [2.45, 2.75) is 6.04 Å². The zero-order valence-electron chi connectivity index (χ0n) is 9.33. The average Bonchev–Trinajstić information content (AvgIpc) is 2.29. The molecular formula is C11H14ClF2NO2. The van der Waals surface area contributed by atoms with Gasteiger partial charge >= 0.3 is 0 Å². The van der Waals surface area contributed by atoms with E-state index >= 15 is 0 Å². The Hall–Kier alpha value is -0.910. The molecule has 3 nitrogen and oxygen atoms in total. The van der Waals surface area contributed by atoms with Gasteiger partial charge in [-0.15, -0.1) is 12.4 Å². The molecule has 1 aromatic rings. The van der Waals surface area contributed by atoms with Crippen LogP contribution in [0.4, 0.5) is 8.78 Å². The van der Waals surface area contributed by atoms with Crippen LogP contribution in [-0.2, 0) is 4.74 Å². The highest BCUT2D eigenvalue weighted by molar-refractivity contribution is 5.85. The Kier molecular flexibility index (Phi) is 5.11. The van der Waals surface area contributed by atoms with Crippen molar-refractivity contribution in [3.63, 3.8) is 0 Å². The Morgan fingerprint density at radius 2 is 2.00 bits per heavy atom. The second-order valence-corrected chi connectivity index (χ2v) is 3.59. The predicted molar refractivity (Wildman–Crippen MR) is 61.7 cm³/mol. The van der Waals surface area contributed by atoms with E-state index in [1.807, 2.05) is 0 Å². The van der Waals surface area contributed by atoms with E-state index in [-0.39, 0.29) is 30.3 Å². The van der Waals surface area contributed by atoms with Crippen molar-refractivity contribution >= 4 is 12.4 Å². The standard InChI is InChI=1S/C11H13F2NO2.ClH/c1-15-7-4-8(12)11(9(13)5-7)10-6-16-3-2-14-10;/h4-5,10,14H,2-3,6H2,1H3;1H/t10-;/m0./s1. The Bertz CT molecular complexity index is 361. The third-order valence-corrected chi connectivity index (χ3v) is 2.56. The van der Waals surface area contributed by atoms with Crippen LogP contribution in [0.2, 0.25) is 0 Å². The molecule has 96 valence electrons. The number of morpholine rings is 1. The summed E-state index contributed by atoms with van der Waals surface area (Å²) in [4.78, 5) is 0. The van der Waals surface area contributed by atoms with Gasteiger partial charge in [0.05, 0.1) is 26.4 Å². The first-order chi connectivity index (χ1) is 7.72. The molecule has 0 bridgehead atoms. The molecule has 0 aromatic heterocycles. The SMILES string of the molecule is COc1cc(F)c([C@@H]2COCCN2)c(F)c1.Cl. The summed E-state index contributed by atoms with van der Waals surface area (Å²) < 4.78 is 37.3. The van der Waals surface area contributed by atoms with Crippen LogP contribution >= 0.6 is 12.4 Å². The van der Waals surface area contributed by atoms with Crippen molar-refractivity contribution in [2.75, 3.05) is 26.9 Å². The highest BCUT2D eigenvalue weighted by Crippen LogP contribution is 2.26. The van der Waals surface area contributed by atoms with Gasteiger partial charge in [-0.2, -0.15) is 0 Å². The summed E-state index contributed by atoms with van der Waals surface area (Å²) in [5.74, 6) is -1.05. The van der Waals surface area contributed by atoms with Crippen LogP contribution in [0.15, 0.2) is 12.1 Å². The lowest BCUT2D eigenvalue weighted by molar-refractivity contribution is 0.0745. The fourth-order valence-corrected chi connectivity index (χ4v) is 1.76. The zero-order valence-corrected chi connectivity index (χ0v) is 10.2. The molecule has 0 aliphatic carbocycles. The fraction of sp³-hybridized carbons (Fsp3) is 0.455. The van der Waals surface area contributed by atoms with Crippen LogP contribution in [0.25, 0.3) is 0 Å². The molecule has 1 atom stereocenters. The van der Waals surface area contributed by atoms with Gasteiger partial charge in [-0.3, -0.25) is 0 Å². The lowest BCUT2D eigenvalue weighted by atomic mass is 10.0. The zero-order chi connectivity index (χ0) is 11.5. The maximum atomic E-state index is 13.7. The van der Waals surface area contributed by atoms with Crippen LogP contribution in [0.3, 0.4) is 0 Å². The molecule has 1 saturated heterocycles. The normalized spacial score (nSPS) is 19.6. The van der Waals surface area contributed by atoms with E-state index in [9.17, 15) is 8.78 Å². The number of hydrogen-bond donors (Lipinski definition) is 1. The molecule has 1 heterocycles. The minimum atomic E-state index is -0.611. The quantitative estimate of drug-likeness (QED) is 0.888. The molecule has 1 fully saturated rings. The Morgan fingerprint density at radius 3 is 2.47 bits per heavy atom. The Balaban J connectivity index is 0.00000144. The van der Waals surface area contributed by atoms with Crippen LogP contribution in [0, 0.1) is 11.6 Å². The molecule has 1 aliphatic rings. The first-order valence-electron chi connectivity index (χ1n) is 5.06. The van der Waals surface area contributed by atoms with Crippen molar-refractivity contribution in [2.24, 2.45) is 0 Å². The average molecular weight is 266 g/mol. The minimum Gasteiger partial charge on any atom is -0.497 e. The van der Waals surface area contributed by atoms with Crippen molar-refractivity contribution in [1.82, 2.24) is 5.32 Å². The summed E-state index contributed by atoms with van der Waals surface area (Å²) >= 11 is 0. The lowest BCUT2D eigenvalue weighted by Crippen LogP contribution is -2.35. The van der Waals surface area contributed by atoms with Crippen LogP contribution < -0.4 is 10.1 Å². The summed E-state index contributed by atoms with van der Waals surface area (Å²) in [6.45, 7) is 1.44. The second-order valence-electron chi connectivity index (χ2n) is 3.59. The minimum absolute atomic E-state index is 0. The molecule has 1 aliphatic heterocycles. The van der Waals surface area contributed by atoms with Crippen LogP contribution in [-0.4, -0.2) is 26.9 Å². The van der Waals surface area contributed by atoms with Crippen LogP contribution in [0.5, 0.6) is 5.75 Å². The second kappa shape index (κ2) is 6.14. The molecular weight excluding hydrogens is 252 g/mol. The number of benzene rings is 1. The third kappa shape index (κ3) is 3.06. The lowest BCUT2D eigenvalue weighted by Gasteiger charge is -2.25. The number of nitrogens with one attached hydrogen (secondary N) is 1. The van der Waals surface area contributed by atoms with Crippen molar-refractivity contribution in [3.05, 3.63) is 29.3 Å². The van der Waals surface area contributed by atoms with Crippen LogP contribution in [0.1, 0.15) is 11.6 Å². The highest BCUT2D eigenvalue weighted by atomic mass is 35.5. The largest absolute Gasteiger partial charge is 0.497 e. The van der Waals surface area contributed by atoms with E-state index in [0.29, 0.717) is 13.2 Å². The Labute approximate surface area is 105 Å². The molecule has 1 aromatic carbocycles. The summed E-state index contributed by atoms with van der Waals surface area (Å²) in [5.41, 5.74) is 0.0144. The number of methoxy groups -OCH3 is 1. The summed E-state index contributed by atoms with van der Waals surface area (Å²) in [7, 11) is 1.37. The van der Waals surface area contributed by atoms with E-state index in [1.54, 1.807) is 0 Å². The van der Waals surface area contributed by atoms with Gasteiger partial charge in [-0.05, 0) is 0 Å². The van der Waals surface area contributed by atoms with E-state index in [2.05, 4.69) is 5.32 Å². The molecule has 17 heavy (non-hydrogen) atoms. The Morgan fingerprint density at radius 1 is 1.35 bits per heavy atom. The van der Waals surface area contributed by atoms with Gasteiger partial charge in [0.2, 0.25) is 0 Å². The molecule has 0 spiro atoms. The van der Waals surface area contributed by atoms with Crippen molar-refractivity contribution in [3.8, 4) is 5.75 Å². The predicted octanol–water partition coefficient (Wildman–Crippen LogP) is 2.06. The van der Waals surface area contributed by atoms with E-state index in [1.165, 1.54) is 19.2 Å².